The Morgan fingerprint density at radius 2 is 1.62 bits per heavy atom. The molecule has 0 radical (unpaired) electrons. The molecule has 5 nitrogen and oxygen atoms in total. The molecule has 0 bridgehead atoms. The Bertz CT molecular complexity index is 855. The van der Waals surface area contributed by atoms with Crippen molar-refractivity contribution >= 4 is 34.6 Å². The third-order valence-corrected chi connectivity index (χ3v) is 5.77. The quantitative estimate of drug-likeness (QED) is 0.734. The first-order valence-electron chi connectivity index (χ1n) is 10.2. The number of hydrogen-bond acceptors (Lipinski definition) is 3. The molecular formula is C23H30N4OS. The van der Waals surface area contributed by atoms with Gasteiger partial charge in [0.1, 0.15) is 0 Å². The van der Waals surface area contributed by atoms with E-state index in [1.807, 2.05) is 38.1 Å². The second kappa shape index (κ2) is 9.85. The van der Waals surface area contributed by atoms with Gasteiger partial charge in [0.2, 0.25) is 5.91 Å². The van der Waals surface area contributed by atoms with Crippen LogP contribution in [0.3, 0.4) is 0 Å². The third kappa shape index (κ3) is 5.55. The van der Waals surface area contributed by atoms with Gasteiger partial charge in [0, 0.05) is 37.6 Å². The molecule has 1 fully saturated rings. The highest BCUT2D eigenvalue weighted by atomic mass is 32.1. The molecule has 1 aliphatic rings. The molecule has 0 saturated carbocycles. The van der Waals surface area contributed by atoms with Crippen molar-refractivity contribution in [2.45, 2.75) is 27.2 Å². The molecule has 0 atom stereocenters. The maximum Gasteiger partial charge on any atom is 0.238 e. The summed E-state index contributed by atoms with van der Waals surface area (Å²) in [7, 11) is 0. The van der Waals surface area contributed by atoms with Crippen LogP contribution in [0.2, 0.25) is 0 Å². The summed E-state index contributed by atoms with van der Waals surface area (Å²) in [5, 5.41) is 7.22. The van der Waals surface area contributed by atoms with Gasteiger partial charge in [-0.2, -0.15) is 0 Å². The number of rotatable bonds is 5. The Hall–Kier alpha value is -2.44. The lowest BCUT2D eigenvalue weighted by Gasteiger charge is -2.36. The molecule has 0 aromatic heterocycles. The van der Waals surface area contributed by atoms with Crippen LogP contribution >= 0.6 is 12.2 Å². The van der Waals surface area contributed by atoms with Crippen molar-refractivity contribution < 1.29 is 4.79 Å². The number of thiocarbonyl (C=S) groups is 1. The first-order valence-corrected chi connectivity index (χ1v) is 10.6. The van der Waals surface area contributed by atoms with Gasteiger partial charge in [-0.15, -0.1) is 0 Å². The van der Waals surface area contributed by atoms with Crippen LogP contribution in [-0.2, 0) is 11.2 Å². The van der Waals surface area contributed by atoms with Crippen LogP contribution in [-0.4, -0.2) is 53.5 Å². The fraction of sp³-hybridized carbons (Fsp3) is 0.391. The summed E-state index contributed by atoms with van der Waals surface area (Å²) in [5.74, 6) is 0.0356. The Morgan fingerprint density at radius 3 is 2.28 bits per heavy atom. The second-order valence-electron chi connectivity index (χ2n) is 7.52. The molecule has 1 heterocycles. The van der Waals surface area contributed by atoms with Gasteiger partial charge in [0.15, 0.2) is 5.11 Å². The average molecular weight is 411 g/mol. The SMILES string of the molecule is CCc1ccccc1NC(=S)N1CCN(CC(=O)Nc2c(C)cccc2C)CC1. The first kappa shape index (κ1) is 21.3. The number of amides is 1. The molecule has 29 heavy (non-hydrogen) atoms. The number of para-hydroxylation sites is 2. The van der Waals surface area contributed by atoms with Gasteiger partial charge in [-0.1, -0.05) is 43.3 Å². The standard InChI is InChI=1S/C23H30N4OS/c1-4-19-10-5-6-11-20(19)24-23(29)27-14-12-26(13-15-27)16-21(28)25-22-17(2)8-7-9-18(22)3/h5-11H,4,12-16H2,1-3H3,(H,24,29)(H,25,28). The molecule has 0 spiro atoms. The fourth-order valence-electron chi connectivity index (χ4n) is 3.65. The number of hydrogen-bond donors (Lipinski definition) is 2. The van der Waals surface area contributed by atoms with Crippen LogP contribution in [0.15, 0.2) is 42.5 Å². The van der Waals surface area contributed by atoms with Crippen LogP contribution in [0, 0.1) is 13.8 Å². The molecule has 3 rings (SSSR count). The van der Waals surface area contributed by atoms with Crippen LogP contribution in [0.25, 0.3) is 0 Å². The zero-order valence-electron chi connectivity index (χ0n) is 17.5. The van der Waals surface area contributed by atoms with Crippen molar-refractivity contribution in [3.8, 4) is 0 Å². The minimum Gasteiger partial charge on any atom is -0.346 e. The van der Waals surface area contributed by atoms with Crippen LogP contribution in [0.5, 0.6) is 0 Å². The van der Waals surface area contributed by atoms with Gasteiger partial charge >= 0.3 is 0 Å². The van der Waals surface area contributed by atoms with E-state index in [4.69, 9.17) is 12.2 Å². The predicted molar refractivity (Wildman–Crippen MR) is 125 cm³/mol. The highest BCUT2D eigenvalue weighted by Crippen LogP contribution is 2.20. The summed E-state index contributed by atoms with van der Waals surface area (Å²) in [6.07, 6.45) is 0.967. The van der Waals surface area contributed by atoms with Crippen molar-refractivity contribution in [2.75, 3.05) is 43.4 Å². The van der Waals surface area contributed by atoms with Crippen molar-refractivity contribution in [1.29, 1.82) is 0 Å². The molecule has 0 aliphatic carbocycles. The van der Waals surface area contributed by atoms with E-state index in [2.05, 4.69) is 45.6 Å². The van der Waals surface area contributed by atoms with Gasteiger partial charge in [0.05, 0.1) is 6.54 Å². The third-order valence-electron chi connectivity index (χ3n) is 5.41. The molecule has 2 N–H and O–H groups in total. The van der Waals surface area contributed by atoms with E-state index < -0.39 is 0 Å². The fourth-order valence-corrected chi connectivity index (χ4v) is 3.94. The molecule has 1 saturated heterocycles. The van der Waals surface area contributed by atoms with Gasteiger partial charge < -0.3 is 15.5 Å². The van der Waals surface area contributed by atoms with E-state index in [1.54, 1.807) is 0 Å². The molecule has 6 heteroatoms. The number of benzene rings is 2. The predicted octanol–water partition coefficient (Wildman–Crippen LogP) is 3.82. The summed E-state index contributed by atoms with van der Waals surface area (Å²) < 4.78 is 0. The second-order valence-corrected chi connectivity index (χ2v) is 7.91. The summed E-state index contributed by atoms with van der Waals surface area (Å²) in [4.78, 5) is 16.9. The summed E-state index contributed by atoms with van der Waals surface area (Å²) in [6.45, 7) is 9.85. The Kier molecular flexibility index (Phi) is 7.23. The van der Waals surface area contributed by atoms with Crippen molar-refractivity contribution in [2.24, 2.45) is 0 Å². The minimum absolute atomic E-state index is 0.0356. The zero-order chi connectivity index (χ0) is 20.8. The normalized spacial score (nSPS) is 14.5. The minimum atomic E-state index is 0.0356. The number of nitrogens with one attached hydrogen (secondary N) is 2. The first-order chi connectivity index (χ1) is 14.0. The lowest BCUT2D eigenvalue weighted by molar-refractivity contribution is -0.117. The van der Waals surface area contributed by atoms with Gasteiger partial charge in [-0.3, -0.25) is 9.69 Å². The van der Waals surface area contributed by atoms with E-state index in [9.17, 15) is 4.79 Å². The maximum absolute atomic E-state index is 12.5. The number of nitrogens with zero attached hydrogens (tertiary/aromatic N) is 2. The van der Waals surface area contributed by atoms with E-state index in [1.165, 1.54) is 5.56 Å². The molecule has 154 valence electrons. The van der Waals surface area contributed by atoms with Crippen molar-refractivity contribution in [3.63, 3.8) is 0 Å². The van der Waals surface area contributed by atoms with E-state index in [0.717, 1.165) is 60.2 Å². The van der Waals surface area contributed by atoms with Crippen LogP contribution in [0.1, 0.15) is 23.6 Å². The van der Waals surface area contributed by atoms with Crippen LogP contribution in [0.4, 0.5) is 11.4 Å². The Morgan fingerprint density at radius 1 is 0.966 bits per heavy atom. The molecular weight excluding hydrogens is 380 g/mol. The topological polar surface area (TPSA) is 47.6 Å². The van der Waals surface area contributed by atoms with Gasteiger partial charge in [0.25, 0.3) is 0 Å². The number of anilines is 2. The van der Waals surface area contributed by atoms with E-state index >= 15 is 0 Å². The summed E-state index contributed by atoms with van der Waals surface area (Å²) in [5.41, 5.74) is 5.45. The van der Waals surface area contributed by atoms with E-state index in [-0.39, 0.29) is 5.91 Å². The van der Waals surface area contributed by atoms with Crippen LogP contribution < -0.4 is 10.6 Å². The molecule has 1 amide bonds. The molecule has 2 aromatic rings. The number of carbonyl (C=O) groups excluding carboxylic acids is 1. The number of piperazine rings is 1. The lowest BCUT2D eigenvalue weighted by atomic mass is 10.1. The zero-order valence-corrected chi connectivity index (χ0v) is 18.3. The summed E-state index contributed by atoms with van der Waals surface area (Å²) in [6, 6.07) is 14.3. The largest absolute Gasteiger partial charge is 0.346 e. The van der Waals surface area contributed by atoms with Gasteiger partial charge in [-0.25, -0.2) is 0 Å². The molecule has 0 unspecified atom stereocenters. The summed E-state index contributed by atoms with van der Waals surface area (Å²) >= 11 is 5.62. The van der Waals surface area contributed by atoms with Crippen molar-refractivity contribution in [3.05, 3.63) is 59.2 Å². The van der Waals surface area contributed by atoms with Crippen molar-refractivity contribution in [1.82, 2.24) is 9.80 Å². The lowest BCUT2D eigenvalue weighted by Crippen LogP contribution is -2.51. The maximum atomic E-state index is 12.5. The molecule has 1 aliphatic heterocycles. The van der Waals surface area contributed by atoms with Gasteiger partial charge in [-0.05, 0) is 55.2 Å². The van der Waals surface area contributed by atoms with E-state index in [0.29, 0.717) is 6.54 Å². The number of aryl methyl sites for hydroxylation is 3. The number of carbonyl (C=O) groups is 1. The monoisotopic (exact) mass is 410 g/mol. The highest BCUT2D eigenvalue weighted by molar-refractivity contribution is 7.80. The Labute approximate surface area is 179 Å². The smallest absolute Gasteiger partial charge is 0.238 e. The highest BCUT2D eigenvalue weighted by Gasteiger charge is 2.21. The molecule has 2 aromatic carbocycles. The average Bonchev–Trinajstić information content (AvgIpc) is 2.72. The Balaban J connectivity index is 1.49.